The fourth-order valence-electron chi connectivity index (χ4n) is 2.05. The molecule has 2 atom stereocenters. The third kappa shape index (κ3) is 2.54. The second-order valence-electron chi connectivity index (χ2n) is 4.31. The minimum Gasteiger partial charge on any atom is -0.481 e. The van der Waals surface area contributed by atoms with Crippen molar-refractivity contribution in [2.75, 3.05) is 0 Å². The van der Waals surface area contributed by atoms with Gasteiger partial charge in [0.1, 0.15) is 11.7 Å². The first kappa shape index (κ1) is 14.5. The van der Waals surface area contributed by atoms with Gasteiger partial charge in [0.25, 0.3) is 0 Å². The van der Waals surface area contributed by atoms with E-state index in [4.69, 9.17) is 27.9 Å². The quantitative estimate of drug-likeness (QED) is 0.812. The molecule has 1 aliphatic heterocycles. The van der Waals surface area contributed by atoms with Crippen LogP contribution in [0.4, 0.5) is 13.2 Å². The summed E-state index contributed by atoms with van der Waals surface area (Å²) in [6.45, 7) is 0. The number of fused-ring (bicyclic) bond motifs is 1. The van der Waals surface area contributed by atoms with Gasteiger partial charge in [0.2, 0.25) is 6.10 Å². The molecular formula is C13H8ClF3O3. The fourth-order valence-corrected chi connectivity index (χ4v) is 2.29. The largest absolute Gasteiger partial charge is 0.481 e. The van der Waals surface area contributed by atoms with Gasteiger partial charge in [0.05, 0.1) is 5.02 Å². The Balaban J connectivity index is 2.49. The molecule has 0 aromatic heterocycles. The van der Waals surface area contributed by atoms with E-state index in [2.05, 4.69) is 5.92 Å². The highest BCUT2D eigenvalue weighted by atomic mass is 35.5. The number of hydrogen-bond donors (Lipinski definition) is 1. The molecule has 0 saturated carbocycles. The lowest BCUT2D eigenvalue weighted by atomic mass is 9.89. The Morgan fingerprint density at radius 1 is 1.50 bits per heavy atom. The molecular weight excluding hydrogens is 297 g/mol. The summed E-state index contributed by atoms with van der Waals surface area (Å²) in [5.74, 6) is -1.14. The number of rotatable bonds is 1. The Kier molecular flexibility index (Phi) is 3.57. The lowest BCUT2D eigenvalue weighted by Gasteiger charge is -2.32. The van der Waals surface area contributed by atoms with E-state index in [1.165, 1.54) is 12.1 Å². The highest BCUT2D eigenvalue weighted by Crippen LogP contribution is 2.40. The molecule has 20 heavy (non-hydrogen) atoms. The SMILES string of the molecule is C#Cc1cc2c(cc1Cl)C[C@@H](C(=O)O)[C@@H](C(F)(F)F)O2. The number of terminal acetylenes is 1. The first-order valence-electron chi connectivity index (χ1n) is 5.49. The van der Waals surface area contributed by atoms with Gasteiger partial charge in [-0.1, -0.05) is 17.5 Å². The maximum Gasteiger partial charge on any atom is 0.426 e. The van der Waals surface area contributed by atoms with Crippen molar-refractivity contribution in [3.05, 3.63) is 28.3 Å². The van der Waals surface area contributed by atoms with Crippen LogP contribution in [0.3, 0.4) is 0 Å². The molecule has 0 amide bonds. The van der Waals surface area contributed by atoms with E-state index in [0.717, 1.165) is 0 Å². The molecule has 1 aliphatic rings. The third-order valence-corrected chi connectivity index (χ3v) is 3.32. The summed E-state index contributed by atoms with van der Waals surface area (Å²) in [5.41, 5.74) is 0.488. The van der Waals surface area contributed by atoms with Gasteiger partial charge in [-0.05, 0) is 24.1 Å². The van der Waals surface area contributed by atoms with Gasteiger partial charge in [-0.3, -0.25) is 4.79 Å². The standard InChI is InChI=1S/C13H8ClF3O3/c1-2-6-5-10-7(4-9(6)14)3-8(12(18)19)11(20-10)13(15,16)17/h1,4-5,8,11H,3H2,(H,18,19)/t8-,11+/m1/s1. The number of carboxylic acids is 1. The van der Waals surface area contributed by atoms with Crippen LogP contribution in [-0.4, -0.2) is 23.4 Å². The van der Waals surface area contributed by atoms with E-state index in [9.17, 15) is 18.0 Å². The predicted molar refractivity (Wildman–Crippen MR) is 64.7 cm³/mol. The second kappa shape index (κ2) is 4.91. The van der Waals surface area contributed by atoms with Crippen LogP contribution in [0, 0.1) is 18.3 Å². The van der Waals surface area contributed by atoms with Gasteiger partial charge in [-0.25, -0.2) is 0 Å². The highest BCUT2D eigenvalue weighted by Gasteiger charge is 2.52. The van der Waals surface area contributed by atoms with E-state index < -0.39 is 24.2 Å². The molecule has 0 radical (unpaired) electrons. The van der Waals surface area contributed by atoms with Gasteiger partial charge in [0.15, 0.2) is 0 Å². The Bertz CT molecular complexity index is 604. The minimum absolute atomic E-state index is 0.0813. The maximum absolute atomic E-state index is 12.9. The van der Waals surface area contributed by atoms with E-state index in [-0.39, 0.29) is 22.8 Å². The van der Waals surface area contributed by atoms with E-state index in [0.29, 0.717) is 5.56 Å². The smallest absolute Gasteiger partial charge is 0.426 e. The first-order chi connectivity index (χ1) is 9.24. The van der Waals surface area contributed by atoms with Crippen molar-refractivity contribution in [3.8, 4) is 18.1 Å². The molecule has 1 N–H and O–H groups in total. The van der Waals surface area contributed by atoms with Crippen LogP contribution < -0.4 is 4.74 Å². The van der Waals surface area contributed by atoms with Gasteiger partial charge in [0, 0.05) is 5.56 Å². The number of benzene rings is 1. The van der Waals surface area contributed by atoms with Crippen LogP contribution in [0.15, 0.2) is 12.1 Å². The number of ether oxygens (including phenoxy) is 1. The minimum atomic E-state index is -4.78. The van der Waals surface area contributed by atoms with Crippen LogP contribution >= 0.6 is 11.6 Å². The molecule has 0 spiro atoms. The summed E-state index contributed by atoms with van der Waals surface area (Å²) < 4.78 is 43.4. The number of hydrogen-bond acceptors (Lipinski definition) is 2. The molecule has 106 valence electrons. The van der Waals surface area contributed by atoms with Gasteiger partial charge >= 0.3 is 12.1 Å². The molecule has 1 heterocycles. The van der Waals surface area contributed by atoms with Crippen molar-refractivity contribution in [2.45, 2.75) is 18.7 Å². The van der Waals surface area contributed by atoms with Crippen LogP contribution in [0.5, 0.6) is 5.75 Å². The number of carbonyl (C=O) groups is 1. The molecule has 0 bridgehead atoms. The zero-order chi connectivity index (χ0) is 15.1. The lowest BCUT2D eigenvalue weighted by Crippen LogP contribution is -2.47. The van der Waals surface area contributed by atoms with Crippen molar-refractivity contribution in [2.24, 2.45) is 5.92 Å². The predicted octanol–water partition coefficient (Wildman–Crippen LogP) is 2.89. The summed E-state index contributed by atoms with van der Waals surface area (Å²) in [4.78, 5) is 11.0. The summed E-state index contributed by atoms with van der Waals surface area (Å²) in [6.07, 6.45) is -2.33. The van der Waals surface area contributed by atoms with E-state index in [1.54, 1.807) is 0 Å². The van der Waals surface area contributed by atoms with Crippen LogP contribution in [0.2, 0.25) is 5.02 Å². The van der Waals surface area contributed by atoms with Crippen molar-refractivity contribution in [1.82, 2.24) is 0 Å². The number of alkyl halides is 3. The van der Waals surface area contributed by atoms with Crippen LogP contribution in [-0.2, 0) is 11.2 Å². The van der Waals surface area contributed by atoms with Crippen LogP contribution in [0.1, 0.15) is 11.1 Å². The first-order valence-corrected chi connectivity index (χ1v) is 5.87. The Hall–Kier alpha value is -1.87. The molecule has 7 heteroatoms. The summed E-state index contributed by atoms with van der Waals surface area (Å²) in [5, 5.41) is 9.09. The van der Waals surface area contributed by atoms with Crippen molar-refractivity contribution in [1.29, 1.82) is 0 Å². The highest BCUT2D eigenvalue weighted by molar-refractivity contribution is 6.31. The zero-order valence-corrected chi connectivity index (χ0v) is 10.6. The fraction of sp³-hybridized carbons (Fsp3) is 0.308. The zero-order valence-electron chi connectivity index (χ0n) is 9.87. The van der Waals surface area contributed by atoms with E-state index in [1.807, 2.05) is 0 Å². The molecule has 2 rings (SSSR count). The third-order valence-electron chi connectivity index (χ3n) is 3.00. The summed E-state index contributed by atoms with van der Waals surface area (Å²) in [6, 6.07) is 2.56. The van der Waals surface area contributed by atoms with Crippen LogP contribution in [0.25, 0.3) is 0 Å². The monoisotopic (exact) mass is 304 g/mol. The number of carboxylic acid groups (broad SMARTS) is 1. The Labute approximate surface area is 117 Å². The summed E-state index contributed by atoms with van der Waals surface area (Å²) in [7, 11) is 0. The van der Waals surface area contributed by atoms with Crippen molar-refractivity contribution in [3.63, 3.8) is 0 Å². The summed E-state index contributed by atoms with van der Waals surface area (Å²) >= 11 is 5.85. The van der Waals surface area contributed by atoms with Gasteiger partial charge < -0.3 is 9.84 Å². The van der Waals surface area contributed by atoms with E-state index >= 15 is 0 Å². The molecule has 1 aromatic rings. The molecule has 0 saturated heterocycles. The second-order valence-corrected chi connectivity index (χ2v) is 4.72. The molecule has 0 fully saturated rings. The molecule has 3 nitrogen and oxygen atoms in total. The molecule has 1 aromatic carbocycles. The molecule has 0 aliphatic carbocycles. The molecule has 0 unspecified atom stereocenters. The number of aliphatic carboxylic acids is 1. The lowest BCUT2D eigenvalue weighted by molar-refractivity contribution is -0.217. The normalized spacial score (nSPS) is 21.6. The average molecular weight is 305 g/mol. The van der Waals surface area contributed by atoms with Gasteiger partial charge in [-0.15, -0.1) is 6.42 Å². The van der Waals surface area contributed by atoms with Crippen molar-refractivity contribution >= 4 is 17.6 Å². The Morgan fingerprint density at radius 3 is 2.65 bits per heavy atom. The Morgan fingerprint density at radius 2 is 2.15 bits per heavy atom. The van der Waals surface area contributed by atoms with Gasteiger partial charge in [-0.2, -0.15) is 13.2 Å². The maximum atomic E-state index is 12.9. The topological polar surface area (TPSA) is 46.5 Å². The van der Waals surface area contributed by atoms with Crippen molar-refractivity contribution < 1.29 is 27.8 Å². The average Bonchev–Trinajstić information content (AvgIpc) is 2.35. The number of halogens is 4.